The molecule has 0 aliphatic rings. The predicted octanol–water partition coefficient (Wildman–Crippen LogP) is 2.16. The van der Waals surface area contributed by atoms with Gasteiger partial charge in [-0.3, -0.25) is 14.4 Å². The van der Waals surface area contributed by atoms with Gasteiger partial charge in [-0.25, -0.2) is 0 Å². The van der Waals surface area contributed by atoms with Crippen LogP contribution in [0.5, 0.6) is 0 Å². The molecule has 2 aromatic carbocycles. The van der Waals surface area contributed by atoms with E-state index in [4.69, 9.17) is 4.74 Å². The van der Waals surface area contributed by atoms with Gasteiger partial charge in [0.25, 0.3) is 5.91 Å². The number of rotatable bonds is 7. The van der Waals surface area contributed by atoms with E-state index in [1.165, 1.54) is 0 Å². The highest BCUT2D eigenvalue weighted by Gasteiger charge is 2.09. The van der Waals surface area contributed by atoms with E-state index in [1.807, 2.05) is 30.3 Å². The van der Waals surface area contributed by atoms with Crippen LogP contribution >= 0.6 is 0 Å². The summed E-state index contributed by atoms with van der Waals surface area (Å²) in [7, 11) is 0. The second-order valence-corrected chi connectivity index (χ2v) is 5.28. The Balaban J connectivity index is 1.85. The Morgan fingerprint density at radius 1 is 0.960 bits per heavy atom. The third-order valence-electron chi connectivity index (χ3n) is 3.34. The maximum Gasteiger partial charge on any atom is 0.325 e. The van der Waals surface area contributed by atoms with Gasteiger partial charge in [0.1, 0.15) is 6.54 Å². The number of carbonyl (C=O) groups excluding carboxylic acids is 3. The second kappa shape index (κ2) is 9.22. The smallest absolute Gasteiger partial charge is 0.325 e. The van der Waals surface area contributed by atoms with E-state index in [0.29, 0.717) is 11.3 Å². The number of anilines is 1. The average Bonchev–Trinajstić information content (AvgIpc) is 2.61. The average molecular weight is 340 g/mol. The van der Waals surface area contributed by atoms with Gasteiger partial charge in [-0.15, -0.1) is 0 Å². The Morgan fingerprint density at radius 3 is 2.28 bits per heavy atom. The number of esters is 1. The molecule has 0 atom stereocenters. The van der Waals surface area contributed by atoms with Crippen molar-refractivity contribution in [1.82, 2.24) is 5.32 Å². The predicted molar refractivity (Wildman–Crippen MR) is 94.2 cm³/mol. The Morgan fingerprint density at radius 2 is 1.64 bits per heavy atom. The molecule has 0 fully saturated rings. The molecule has 2 aromatic rings. The summed E-state index contributed by atoms with van der Waals surface area (Å²) in [5.74, 6) is -0.999. The van der Waals surface area contributed by atoms with E-state index in [2.05, 4.69) is 10.6 Å². The zero-order valence-electron chi connectivity index (χ0n) is 14.0. The van der Waals surface area contributed by atoms with Crippen molar-refractivity contribution in [2.75, 3.05) is 18.5 Å². The molecule has 6 heteroatoms. The molecule has 0 aliphatic carbocycles. The number of amides is 2. The molecule has 0 unspecified atom stereocenters. The summed E-state index contributed by atoms with van der Waals surface area (Å²) in [6.07, 6.45) is 0.280. The summed E-state index contributed by atoms with van der Waals surface area (Å²) < 4.78 is 4.74. The lowest BCUT2D eigenvalue weighted by Crippen LogP contribution is -2.30. The number of nitrogens with one attached hydrogen (secondary N) is 2. The van der Waals surface area contributed by atoms with Crippen LogP contribution in [0.15, 0.2) is 54.6 Å². The lowest BCUT2D eigenvalue weighted by Gasteiger charge is -2.07. The van der Waals surface area contributed by atoms with Crippen molar-refractivity contribution in [1.29, 1.82) is 0 Å². The molecule has 0 heterocycles. The van der Waals surface area contributed by atoms with Crippen LogP contribution in [0, 0.1) is 0 Å². The molecule has 2 amide bonds. The maximum absolute atomic E-state index is 12.0. The molecule has 0 bridgehead atoms. The van der Waals surface area contributed by atoms with Crippen molar-refractivity contribution < 1.29 is 19.1 Å². The topological polar surface area (TPSA) is 84.5 Å². The van der Waals surface area contributed by atoms with Gasteiger partial charge in [0.15, 0.2) is 0 Å². The minimum Gasteiger partial charge on any atom is -0.465 e. The number of hydrogen-bond acceptors (Lipinski definition) is 4. The molecule has 0 aromatic heterocycles. The van der Waals surface area contributed by atoms with Crippen LogP contribution in [0.25, 0.3) is 0 Å². The molecule has 0 saturated heterocycles. The Kier molecular flexibility index (Phi) is 6.71. The highest BCUT2D eigenvalue weighted by atomic mass is 16.5. The van der Waals surface area contributed by atoms with Gasteiger partial charge in [-0.05, 0) is 36.8 Å². The molecule has 2 N–H and O–H groups in total. The van der Waals surface area contributed by atoms with Crippen LogP contribution in [0.2, 0.25) is 0 Å². The van der Waals surface area contributed by atoms with E-state index < -0.39 is 5.97 Å². The van der Waals surface area contributed by atoms with Crippen LogP contribution in [-0.2, 0) is 20.7 Å². The largest absolute Gasteiger partial charge is 0.465 e. The third kappa shape index (κ3) is 6.10. The van der Waals surface area contributed by atoms with Crippen LogP contribution in [0.4, 0.5) is 5.69 Å². The van der Waals surface area contributed by atoms with Gasteiger partial charge in [0.05, 0.1) is 13.0 Å². The first-order valence-electron chi connectivity index (χ1n) is 7.96. The fourth-order valence-corrected chi connectivity index (χ4v) is 2.16. The van der Waals surface area contributed by atoms with Gasteiger partial charge >= 0.3 is 5.97 Å². The molecule has 6 nitrogen and oxygen atoms in total. The maximum atomic E-state index is 12.0. The molecular weight excluding hydrogens is 320 g/mol. The fraction of sp³-hybridized carbons (Fsp3) is 0.211. The van der Waals surface area contributed by atoms with Crippen molar-refractivity contribution in [2.45, 2.75) is 13.3 Å². The summed E-state index contributed by atoms with van der Waals surface area (Å²) in [6, 6.07) is 15.9. The minimum absolute atomic E-state index is 0.134. The monoisotopic (exact) mass is 340 g/mol. The third-order valence-corrected chi connectivity index (χ3v) is 3.34. The minimum atomic E-state index is -0.486. The molecule has 0 radical (unpaired) electrons. The summed E-state index contributed by atoms with van der Waals surface area (Å²) in [4.78, 5) is 35.1. The highest BCUT2D eigenvalue weighted by Crippen LogP contribution is 2.10. The molecule has 0 aliphatic heterocycles. The SMILES string of the molecule is CCOC(=O)CNC(=O)c1ccc(NC(=O)Cc2ccccc2)cc1. The van der Waals surface area contributed by atoms with Gasteiger partial charge in [0, 0.05) is 11.3 Å². The Bertz CT molecular complexity index is 727. The summed E-state index contributed by atoms with van der Waals surface area (Å²) in [6.45, 7) is 1.79. The summed E-state index contributed by atoms with van der Waals surface area (Å²) in [5, 5.41) is 5.25. The first-order chi connectivity index (χ1) is 12.1. The zero-order chi connectivity index (χ0) is 18.1. The van der Waals surface area contributed by atoms with E-state index in [1.54, 1.807) is 31.2 Å². The van der Waals surface area contributed by atoms with Gasteiger partial charge in [-0.1, -0.05) is 30.3 Å². The van der Waals surface area contributed by atoms with Crippen LogP contribution in [0.3, 0.4) is 0 Å². The van der Waals surface area contributed by atoms with Crippen molar-refractivity contribution in [3.63, 3.8) is 0 Å². The van der Waals surface area contributed by atoms with E-state index >= 15 is 0 Å². The lowest BCUT2D eigenvalue weighted by atomic mass is 10.1. The van der Waals surface area contributed by atoms with Gasteiger partial charge in [0.2, 0.25) is 5.91 Å². The van der Waals surface area contributed by atoms with Crippen molar-refractivity contribution >= 4 is 23.5 Å². The first kappa shape index (κ1) is 18.2. The number of carbonyl (C=O) groups is 3. The van der Waals surface area contributed by atoms with Crippen LogP contribution in [0.1, 0.15) is 22.8 Å². The lowest BCUT2D eigenvalue weighted by molar-refractivity contribution is -0.141. The van der Waals surface area contributed by atoms with Crippen molar-refractivity contribution in [3.05, 3.63) is 65.7 Å². The van der Waals surface area contributed by atoms with E-state index in [9.17, 15) is 14.4 Å². The molecule has 25 heavy (non-hydrogen) atoms. The Hall–Kier alpha value is -3.15. The van der Waals surface area contributed by atoms with E-state index in [0.717, 1.165) is 5.56 Å². The zero-order valence-corrected chi connectivity index (χ0v) is 14.0. The second-order valence-electron chi connectivity index (χ2n) is 5.28. The molecule has 130 valence electrons. The van der Waals surface area contributed by atoms with Gasteiger partial charge < -0.3 is 15.4 Å². The quantitative estimate of drug-likeness (QED) is 0.757. The number of benzene rings is 2. The summed E-state index contributed by atoms with van der Waals surface area (Å²) in [5.41, 5.74) is 1.92. The molecule has 0 saturated carbocycles. The molecule has 2 rings (SSSR count). The number of ether oxygens (including phenoxy) is 1. The van der Waals surface area contributed by atoms with Crippen molar-refractivity contribution in [3.8, 4) is 0 Å². The molecule has 0 spiro atoms. The first-order valence-corrected chi connectivity index (χ1v) is 7.96. The highest BCUT2D eigenvalue weighted by molar-refractivity contribution is 5.97. The normalized spacial score (nSPS) is 9.96. The van der Waals surface area contributed by atoms with Crippen LogP contribution < -0.4 is 10.6 Å². The van der Waals surface area contributed by atoms with Crippen LogP contribution in [-0.4, -0.2) is 30.9 Å². The number of hydrogen-bond donors (Lipinski definition) is 2. The van der Waals surface area contributed by atoms with Gasteiger partial charge in [-0.2, -0.15) is 0 Å². The Labute approximate surface area is 146 Å². The fourth-order valence-electron chi connectivity index (χ4n) is 2.16. The van der Waals surface area contributed by atoms with Crippen molar-refractivity contribution in [2.24, 2.45) is 0 Å². The standard InChI is InChI=1S/C19H20N2O4/c1-2-25-18(23)13-20-19(24)15-8-10-16(11-9-15)21-17(22)12-14-6-4-3-5-7-14/h3-11H,2,12-13H2,1H3,(H,20,24)(H,21,22). The summed E-state index contributed by atoms with van der Waals surface area (Å²) >= 11 is 0. The van der Waals surface area contributed by atoms with E-state index in [-0.39, 0.29) is 31.4 Å². The molecular formula is C19H20N2O4.